The van der Waals surface area contributed by atoms with Gasteiger partial charge >= 0.3 is 11.8 Å². The van der Waals surface area contributed by atoms with E-state index in [-0.39, 0.29) is 22.4 Å². The van der Waals surface area contributed by atoms with Crippen LogP contribution in [0.4, 0.5) is 17.6 Å². The molecule has 2 heterocycles. The molecular formula is C26H15F4NO4S. The summed E-state index contributed by atoms with van der Waals surface area (Å²) in [5, 5.41) is 11.1. The van der Waals surface area contributed by atoms with Gasteiger partial charge in [-0.25, -0.2) is 9.18 Å². The molecule has 10 heteroatoms. The van der Waals surface area contributed by atoms with Crippen LogP contribution in [0.15, 0.2) is 96.6 Å². The summed E-state index contributed by atoms with van der Waals surface area (Å²) in [4.78, 5) is 25.9. The lowest BCUT2D eigenvalue weighted by atomic mass is 10.1. The minimum absolute atomic E-state index is 0.0210. The number of fused-ring (bicyclic) bond motifs is 3. The zero-order valence-electron chi connectivity index (χ0n) is 18.2. The van der Waals surface area contributed by atoms with Crippen LogP contribution in [-0.2, 0) is 12.7 Å². The first-order valence-corrected chi connectivity index (χ1v) is 11.4. The summed E-state index contributed by atoms with van der Waals surface area (Å²) in [6.07, 6.45) is -4.60. The van der Waals surface area contributed by atoms with Gasteiger partial charge in [0.1, 0.15) is 16.1 Å². The zero-order valence-corrected chi connectivity index (χ0v) is 19.0. The molecule has 0 saturated carbocycles. The lowest BCUT2D eigenvalue weighted by molar-refractivity contribution is -0.137. The Labute approximate surface area is 204 Å². The number of pyridine rings is 1. The van der Waals surface area contributed by atoms with Gasteiger partial charge in [-0.1, -0.05) is 42.1 Å². The predicted molar refractivity (Wildman–Crippen MR) is 127 cm³/mol. The largest absolute Gasteiger partial charge is 0.505 e. The molecule has 0 aliphatic carbocycles. The van der Waals surface area contributed by atoms with Crippen molar-refractivity contribution in [3.8, 4) is 5.75 Å². The molecule has 0 radical (unpaired) electrons. The molecule has 3 aromatic carbocycles. The number of aromatic hydroxyl groups is 1. The smallest absolute Gasteiger partial charge is 0.416 e. The Morgan fingerprint density at radius 2 is 1.69 bits per heavy atom. The van der Waals surface area contributed by atoms with Crippen molar-refractivity contribution in [2.45, 2.75) is 22.5 Å². The zero-order chi connectivity index (χ0) is 25.6. The first-order valence-electron chi connectivity index (χ1n) is 10.5. The second-order valence-corrected chi connectivity index (χ2v) is 9.02. The van der Waals surface area contributed by atoms with Crippen molar-refractivity contribution in [1.29, 1.82) is 0 Å². The minimum atomic E-state index is -4.60. The predicted octanol–water partition coefficient (Wildman–Crippen LogP) is 6.17. The Balaban J connectivity index is 1.73. The fraction of sp³-hybridized carbons (Fsp3) is 0.0769. The Hall–Kier alpha value is -4.05. The highest BCUT2D eigenvalue weighted by Gasteiger charge is 2.31. The van der Waals surface area contributed by atoms with Crippen LogP contribution in [-0.4, -0.2) is 9.67 Å². The molecule has 0 saturated heterocycles. The van der Waals surface area contributed by atoms with E-state index in [9.17, 15) is 32.3 Å². The van der Waals surface area contributed by atoms with Gasteiger partial charge in [0.15, 0.2) is 11.3 Å². The molecule has 0 fully saturated rings. The van der Waals surface area contributed by atoms with E-state index in [0.29, 0.717) is 28.2 Å². The van der Waals surface area contributed by atoms with E-state index < -0.39 is 39.4 Å². The Morgan fingerprint density at radius 1 is 0.944 bits per heavy atom. The maximum absolute atomic E-state index is 13.8. The molecule has 0 aliphatic heterocycles. The molecule has 2 aromatic heterocycles. The quantitative estimate of drug-likeness (QED) is 0.230. The maximum atomic E-state index is 13.8. The van der Waals surface area contributed by atoms with E-state index in [1.54, 1.807) is 30.3 Å². The summed E-state index contributed by atoms with van der Waals surface area (Å²) in [7, 11) is 0. The molecule has 36 heavy (non-hydrogen) atoms. The van der Waals surface area contributed by atoms with Crippen molar-refractivity contribution < 1.29 is 27.1 Å². The molecule has 5 rings (SSSR count). The molecule has 1 N–H and O–H groups in total. The third-order valence-electron chi connectivity index (χ3n) is 5.57. The molecule has 182 valence electrons. The molecule has 0 spiro atoms. The molecule has 5 aromatic rings. The summed E-state index contributed by atoms with van der Waals surface area (Å²) in [5.41, 5.74) is -1.92. The molecule has 0 amide bonds. The number of nitrogens with zero attached hydrogens (tertiary/aromatic N) is 1. The monoisotopic (exact) mass is 513 g/mol. The summed E-state index contributed by atoms with van der Waals surface area (Å²) in [6, 6.07) is 16.4. The standard InChI is InChI=1S/C26H15F4NO4S/c27-16-7-3-5-14(11-16)13-31-19-10-2-1-9-18(19)22-20(24(31)33)21(32)23(25(34)35-22)36-17-8-4-6-15(12-17)26(28,29)30/h1-12,32H,13H2. The highest BCUT2D eigenvalue weighted by atomic mass is 32.2. The molecular weight excluding hydrogens is 498 g/mol. The number of rotatable bonds is 4. The molecule has 0 aliphatic rings. The van der Waals surface area contributed by atoms with Gasteiger partial charge in [-0.2, -0.15) is 13.2 Å². The average Bonchev–Trinajstić information content (AvgIpc) is 2.84. The van der Waals surface area contributed by atoms with Gasteiger partial charge in [0, 0.05) is 10.3 Å². The van der Waals surface area contributed by atoms with E-state index in [0.717, 1.165) is 12.1 Å². The highest BCUT2D eigenvalue weighted by molar-refractivity contribution is 7.99. The van der Waals surface area contributed by atoms with Crippen molar-refractivity contribution in [2.75, 3.05) is 0 Å². The number of halogens is 4. The summed E-state index contributed by atoms with van der Waals surface area (Å²) >= 11 is 0.558. The van der Waals surface area contributed by atoms with Crippen LogP contribution in [0.3, 0.4) is 0 Å². The van der Waals surface area contributed by atoms with Crippen LogP contribution in [0, 0.1) is 5.82 Å². The van der Waals surface area contributed by atoms with E-state index in [4.69, 9.17) is 4.42 Å². The van der Waals surface area contributed by atoms with Crippen LogP contribution >= 0.6 is 11.8 Å². The van der Waals surface area contributed by atoms with Crippen LogP contribution < -0.4 is 11.2 Å². The number of hydrogen-bond acceptors (Lipinski definition) is 5. The summed E-state index contributed by atoms with van der Waals surface area (Å²) in [6.45, 7) is -0.0400. The van der Waals surface area contributed by atoms with E-state index in [2.05, 4.69) is 0 Å². The Bertz CT molecular complexity index is 1760. The summed E-state index contributed by atoms with van der Waals surface area (Å²) < 4.78 is 59.8. The number of aromatic nitrogens is 1. The van der Waals surface area contributed by atoms with Gasteiger partial charge < -0.3 is 14.1 Å². The Morgan fingerprint density at radius 3 is 2.44 bits per heavy atom. The third kappa shape index (κ3) is 4.24. The molecule has 0 bridgehead atoms. The first-order chi connectivity index (χ1) is 17.1. The normalized spacial score (nSPS) is 11.9. The van der Waals surface area contributed by atoms with Crippen molar-refractivity contribution in [3.63, 3.8) is 0 Å². The maximum Gasteiger partial charge on any atom is 0.416 e. The average molecular weight is 513 g/mol. The van der Waals surface area contributed by atoms with E-state index >= 15 is 0 Å². The lowest BCUT2D eigenvalue weighted by Gasteiger charge is -2.14. The van der Waals surface area contributed by atoms with Crippen LogP contribution in [0.1, 0.15) is 11.1 Å². The van der Waals surface area contributed by atoms with Gasteiger partial charge in [-0.15, -0.1) is 0 Å². The van der Waals surface area contributed by atoms with Crippen molar-refractivity contribution in [3.05, 3.63) is 111 Å². The van der Waals surface area contributed by atoms with Gasteiger partial charge in [-0.05, 0) is 48.0 Å². The van der Waals surface area contributed by atoms with Crippen molar-refractivity contribution in [2.24, 2.45) is 0 Å². The van der Waals surface area contributed by atoms with Gasteiger partial charge in [0.25, 0.3) is 5.56 Å². The van der Waals surface area contributed by atoms with Crippen LogP contribution in [0.25, 0.3) is 21.9 Å². The second kappa shape index (κ2) is 8.87. The van der Waals surface area contributed by atoms with Crippen LogP contribution in [0.5, 0.6) is 5.75 Å². The van der Waals surface area contributed by atoms with Crippen molar-refractivity contribution >= 4 is 33.6 Å². The highest BCUT2D eigenvalue weighted by Crippen LogP contribution is 2.39. The number of benzene rings is 3. The van der Waals surface area contributed by atoms with Crippen molar-refractivity contribution in [1.82, 2.24) is 4.57 Å². The van der Waals surface area contributed by atoms with Gasteiger partial charge in [-0.3, -0.25) is 4.79 Å². The molecule has 5 nitrogen and oxygen atoms in total. The SMILES string of the molecule is O=c1oc2c(c(O)c1Sc1cccc(C(F)(F)F)c1)c(=O)n(Cc1cccc(F)c1)c1ccccc21. The lowest BCUT2D eigenvalue weighted by Crippen LogP contribution is -2.22. The fourth-order valence-corrected chi connectivity index (χ4v) is 4.85. The number of hydrogen-bond donors (Lipinski definition) is 1. The topological polar surface area (TPSA) is 72.4 Å². The van der Waals surface area contributed by atoms with Gasteiger partial charge in [0.2, 0.25) is 0 Å². The fourth-order valence-electron chi connectivity index (χ4n) is 3.96. The first kappa shape index (κ1) is 23.7. The second-order valence-electron chi connectivity index (χ2n) is 7.94. The molecule has 0 atom stereocenters. The minimum Gasteiger partial charge on any atom is -0.505 e. The summed E-state index contributed by atoms with van der Waals surface area (Å²) in [5.74, 6) is -1.19. The van der Waals surface area contributed by atoms with E-state index in [1.165, 1.54) is 34.9 Å². The third-order valence-corrected chi connectivity index (χ3v) is 6.62. The van der Waals surface area contributed by atoms with Crippen LogP contribution in [0.2, 0.25) is 0 Å². The number of alkyl halides is 3. The Kier molecular flexibility index (Phi) is 5.83. The van der Waals surface area contributed by atoms with Gasteiger partial charge in [0.05, 0.1) is 17.6 Å². The molecule has 0 unspecified atom stereocenters. The number of para-hydroxylation sites is 1. The van der Waals surface area contributed by atoms with E-state index in [1.807, 2.05) is 0 Å².